The van der Waals surface area contributed by atoms with Gasteiger partial charge < -0.3 is 18.9 Å². The Morgan fingerprint density at radius 3 is 1.23 bits per heavy atom. The van der Waals surface area contributed by atoms with Crippen molar-refractivity contribution < 1.29 is 45.3 Å². The highest BCUT2D eigenvalue weighted by Gasteiger charge is 2.72. The van der Waals surface area contributed by atoms with Gasteiger partial charge in [0.25, 0.3) is 0 Å². The Kier molecular flexibility index (Phi) is 5.55. The van der Waals surface area contributed by atoms with E-state index in [0.29, 0.717) is 13.2 Å². The number of alkyl halides is 6. The van der Waals surface area contributed by atoms with Gasteiger partial charge in [-0.25, -0.2) is 0 Å². The molecule has 2 heterocycles. The second-order valence-electron chi connectivity index (χ2n) is 7.33. The maximum absolute atomic E-state index is 14.2. The van der Waals surface area contributed by atoms with Crippen LogP contribution in [0.25, 0.3) is 0 Å². The normalized spacial score (nSPS) is 21.0. The molecule has 2 fully saturated rings. The molecule has 10 heteroatoms. The number of ether oxygens (including phenoxy) is 4. The van der Waals surface area contributed by atoms with Gasteiger partial charge in [-0.1, -0.05) is 24.3 Å². The van der Waals surface area contributed by atoms with Crippen LogP contribution in [0.15, 0.2) is 48.5 Å². The molecule has 2 aliphatic heterocycles. The topological polar surface area (TPSA) is 43.5 Å². The van der Waals surface area contributed by atoms with Gasteiger partial charge in [0.1, 0.15) is 36.9 Å². The second-order valence-corrected chi connectivity index (χ2v) is 7.33. The Labute approximate surface area is 173 Å². The summed E-state index contributed by atoms with van der Waals surface area (Å²) in [5, 5.41) is 0. The summed E-state index contributed by atoms with van der Waals surface area (Å²) in [7, 11) is 0. The maximum Gasteiger partial charge on any atom is 0.411 e. The van der Waals surface area contributed by atoms with Crippen LogP contribution in [0.1, 0.15) is 11.1 Å². The molecule has 2 saturated heterocycles. The first-order valence-corrected chi connectivity index (χ1v) is 9.44. The van der Waals surface area contributed by atoms with Gasteiger partial charge in [-0.2, -0.15) is 26.3 Å². The summed E-state index contributed by atoms with van der Waals surface area (Å²) in [6.45, 7) is 1.38. The van der Waals surface area contributed by atoms with Gasteiger partial charge in [0.05, 0.1) is 13.2 Å². The van der Waals surface area contributed by atoms with Gasteiger partial charge in [0, 0.05) is 0 Å². The van der Waals surface area contributed by atoms with E-state index in [4.69, 9.17) is 18.9 Å². The predicted molar refractivity (Wildman–Crippen MR) is 96.2 cm³/mol. The molecule has 168 valence electrons. The van der Waals surface area contributed by atoms with Crippen LogP contribution in [0.2, 0.25) is 0 Å². The Hall–Kier alpha value is -2.46. The first-order valence-electron chi connectivity index (χ1n) is 9.44. The molecule has 0 aromatic heterocycles. The van der Waals surface area contributed by atoms with E-state index in [1.165, 1.54) is 0 Å². The molecule has 0 aliphatic carbocycles. The molecule has 2 aromatic carbocycles. The minimum Gasteiger partial charge on any atom is -0.491 e. The third-order valence-electron chi connectivity index (χ3n) is 5.10. The number of epoxide rings is 2. The third-order valence-corrected chi connectivity index (χ3v) is 5.10. The molecule has 0 bridgehead atoms. The predicted octanol–water partition coefficient (Wildman–Crippen LogP) is 4.65. The molecule has 2 atom stereocenters. The van der Waals surface area contributed by atoms with Crippen molar-refractivity contribution in [2.24, 2.45) is 0 Å². The zero-order chi connectivity index (χ0) is 22.3. The number of hydrogen-bond donors (Lipinski definition) is 0. The van der Waals surface area contributed by atoms with Gasteiger partial charge in [-0.15, -0.1) is 0 Å². The van der Waals surface area contributed by atoms with E-state index < -0.39 is 28.9 Å². The van der Waals surface area contributed by atoms with Crippen LogP contribution < -0.4 is 9.47 Å². The fraction of sp³-hybridized carbons (Fsp3) is 0.429. The molecule has 4 rings (SSSR count). The maximum atomic E-state index is 14.2. The average molecular weight is 448 g/mol. The Morgan fingerprint density at radius 1 is 0.645 bits per heavy atom. The average Bonchev–Trinajstić information content (AvgIpc) is 3.60. The zero-order valence-corrected chi connectivity index (χ0v) is 16.0. The second kappa shape index (κ2) is 7.90. The van der Waals surface area contributed by atoms with E-state index in [1.54, 1.807) is 0 Å². The zero-order valence-electron chi connectivity index (χ0n) is 16.0. The smallest absolute Gasteiger partial charge is 0.411 e. The summed E-state index contributed by atoms with van der Waals surface area (Å²) >= 11 is 0. The van der Waals surface area contributed by atoms with Crippen LogP contribution in [-0.4, -0.2) is 51.0 Å². The Bertz CT molecular complexity index is 809. The molecule has 0 saturated carbocycles. The van der Waals surface area contributed by atoms with E-state index in [2.05, 4.69) is 0 Å². The lowest BCUT2D eigenvalue weighted by Crippen LogP contribution is -2.54. The first kappa shape index (κ1) is 21.8. The van der Waals surface area contributed by atoms with Crippen LogP contribution in [0.4, 0.5) is 26.3 Å². The molecule has 2 aliphatic rings. The molecule has 4 nitrogen and oxygen atoms in total. The quantitative estimate of drug-likeness (QED) is 0.436. The van der Waals surface area contributed by atoms with Gasteiger partial charge in [-0.05, 0) is 35.4 Å². The van der Waals surface area contributed by atoms with Crippen molar-refractivity contribution in [1.82, 2.24) is 0 Å². The van der Waals surface area contributed by atoms with Crippen molar-refractivity contribution in [1.29, 1.82) is 0 Å². The molecule has 0 amide bonds. The molecule has 2 aromatic rings. The summed E-state index contributed by atoms with van der Waals surface area (Å²) in [5.74, 6) is 0.312. The van der Waals surface area contributed by atoms with Crippen LogP contribution in [0.5, 0.6) is 11.5 Å². The number of rotatable bonds is 8. The van der Waals surface area contributed by atoms with E-state index in [1.807, 2.05) is 0 Å². The van der Waals surface area contributed by atoms with Crippen molar-refractivity contribution in [3.8, 4) is 11.5 Å². The lowest BCUT2D eigenvalue weighted by molar-refractivity contribution is -0.288. The van der Waals surface area contributed by atoms with E-state index in [-0.39, 0.29) is 36.9 Å². The van der Waals surface area contributed by atoms with Gasteiger partial charge in [0.15, 0.2) is 0 Å². The fourth-order valence-corrected chi connectivity index (χ4v) is 3.29. The summed E-state index contributed by atoms with van der Waals surface area (Å²) in [4.78, 5) is 0. The lowest BCUT2D eigenvalue weighted by atomic mass is 9.73. The highest BCUT2D eigenvalue weighted by Crippen LogP contribution is 2.56. The minimum atomic E-state index is -5.65. The van der Waals surface area contributed by atoms with Crippen LogP contribution >= 0.6 is 0 Å². The summed E-state index contributed by atoms with van der Waals surface area (Å²) in [6, 6.07) is 7.54. The first-order chi connectivity index (χ1) is 14.6. The van der Waals surface area contributed by atoms with Crippen molar-refractivity contribution >= 4 is 0 Å². The van der Waals surface area contributed by atoms with Crippen LogP contribution in [0, 0.1) is 0 Å². The standard InChI is InChI=1S/C21H18F6O4/c22-20(23,24)19(21(25,26)27,13-1-5-15(6-2-13)28-9-17-11-30-17)14-3-7-16(8-4-14)29-10-18-12-31-18/h1-8,17-18H,9-12H2. The lowest BCUT2D eigenvalue weighted by Gasteiger charge is -2.38. The van der Waals surface area contributed by atoms with Gasteiger partial charge in [-0.3, -0.25) is 0 Å². The van der Waals surface area contributed by atoms with E-state index >= 15 is 0 Å². The largest absolute Gasteiger partial charge is 0.491 e. The van der Waals surface area contributed by atoms with Crippen LogP contribution in [-0.2, 0) is 14.9 Å². The molecule has 2 unspecified atom stereocenters. The highest BCUT2D eigenvalue weighted by atomic mass is 19.4. The Balaban J connectivity index is 1.68. The molecular formula is C21H18F6O4. The number of halogens is 6. The summed E-state index contributed by atoms with van der Waals surface area (Å²) in [6.07, 6.45) is -11.5. The number of benzene rings is 2. The highest BCUT2D eigenvalue weighted by molar-refractivity contribution is 5.47. The summed E-state index contributed by atoms with van der Waals surface area (Å²) < 4.78 is 105. The molecule has 0 N–H and O–H groups in total. The van der Waals surface area contributed by atoms with Crippen LogP contribution in [0.3, 0.4) is 0 Å². The molecule has 0 radical (unpaired) electrons. The van der Waals surface area contributed by atoms with E-state index in [0.717, 1.165) is 48.5 Å². The van der Waals surface area contributed by atoms with Crippen molar-refractivity contribution in [3.63, 3.8) is 0 Å². The minimum absolute atomic E-state index is 0.101. The van der Waals surface area contributed by atoms with E-state index in [9.17, 15) is 26.3 Å². The van der Waals surface area contributed by atoms with Crippen molar-refractivity contribution in [2.45, 2.75) is 30.0 Å². The third kappa shape index (κ3) is 4.45. The van der Waals surface area contributed by atoms with Crippen molar-refractivity contribution in [2.75, 3.05) is 26.4 Å². The Morgan fingerprint density at radius 2 is 0.968 bits per heavy atom. The molecule has 31 heavy (non-hydrogen) atoms. The van der Waals surface area contributed by atoms with Crippen molar-refractivity contribution in [3.05, 3.63) is 59.7 Å². The monoisotopic (exact) mass is 448 g/mol. The molecular weight excluding hydrogens is 430 g/mol. The van der Waals surface area contributed by atoms with Gasteiger partial charge >= 0.3 is 12.4 Å². The fourth-order valence-electron chi connectivity index (χ4n) is 3.29. The van der Waals surface area contributed by atoms with Gasteiger partial charge in [0.2, 0.25) is 5.41 Å². The molecule has 0 spiro atoms. The number of hydrogen-bond acceptors (Lipinski definition) is 4. The SMILES string of the molecule is FC(F)(F)C(c1ccc(OCC2CO2)cc1)(c1ccc(OCC2CO2)cc1)C(F)(F)F. The summed E-state index contributed by atoms with van der Waals surface area (Å²) in [5.41, 5.74) is -6.12.